The fourth-order valence-corrected chi connectivity index (χ4v) is 6.76. The average molecular weight is 746 g/mol. The van der Waals surface area contributed by atoms with Gasteiger partial charge in [-0.2, -0.15) is 0 Å². The van der Waals surface area contributed by atoms with E-state index in [4.69, 9.17) is 4.74 Å². The maximum Gasteiger partial charge on any atom is 0.306 e. The van der Waals surface area contributed by atoms with Crippen LogP contribution in [-0.4, -0.2) is 46.9 Å². The number of carbonyl (C=O) groups excluding carboxylic acids is 2. The molecule has 0 heterocycles. The van der Waals surface area contributed by atoms with E-state index in [1.54, 1.807) is 0 Å². The summed E-state index contributed by atoms with van der Waals surface area (Å²) in [4.78, 5) is 25.9. The SMILES string of the molecule is CC/C=C/C/C=C/CCCCCCCC(CC(=O)NC(CO)C(O)CCCCCCCCCCC)OC(=O)CCCCC/C=C\CCCCCCCC. The number of ether oxygens (including phenoxy) is 1. The zero-order chi connectivity index (χ0) is 38.9. The minimum absolute atomic E-state index is 0.0632. The first-order valence-electron chi connectivity index (χ1n) is 22.7. The Kier molecular flexibility index (Phi) is 39.8. The lowest BCUT2D eigenvalue weighted by atomic mass is 10.0. The molecule has 6 nitrogen and oxygen atoms in total. The molecule has 0 fully saturated rings. The van der Waals surface area contributed by atoms with Crippen LogP contribution in [0.25, 0.3) is 0 Å². The summed E-state index contributed by atoms with van der Waals surface area (Å²) in [6.45, 7) is 6.33. The fraction of sp³-hybridized carbons (Fsp3) is 0.830. The number of allylic oxidation sites excluding steroid dienone is 6. The normalized spacial score (nSPS) is 13.7. The van der Waals surface area contributed by atoms with Gasteiger partial charge >= 0.3 is 5.97 Å². The number of unbranched alkanes of at least 4 members (excludes halogenated alkanes) is 22. The topological polar surface area (TPSA) is 95.9 Å². The lowest BCUT2D eigenvalue weighted by molar-refractivity contribution is -0.151. The highest BCUT2D eigenvalue weighted by Crippen LogP contribution is 2.17. The molecule has 0 aromatic carbocycles. The van der Waals surface area contributed by atoms with Crippen molar-refractivity contribution in [2.24, 2.45) is 0 Å². The van der Waals surface area contributed by atoms with Gasteiger partial charge in [0.2, 0.25) is 5.91 Å². The molecule has 0 rings (SSSR count). The molecule has 0 aliphatic rings. The van der Waals surface area contributed by atoms with Gasteiger partial charge in [-0.3, -0.25) is 9.59 Å². The third kappa shape index (κ3) is 36.8. The molecule has 310 valence electrons. The Bertz CT molecular complexity index is 884. The summed E-state index contributed by atoms with van der Waals surface area (Å²) in [6.07, 6.45) is 46.3. The molecule has 0 aromatic rings. The second kappa shape index (κ2) is 41.2. The Balaban J connectivity index is 4.63. The van der Waals surface area contributed by atoms with Gasteiger partial charge in [-0.05, 0) is 77.0 Å². The maximum atomic E-state index is 13.1. The van der Waals surface area contributed by atoms with Crippen molar-refractivity contribution in [3.05, 3.63) is 36.5 Å². The van der Waals surface area contributed by atoms with Gasteiger partial charge in [-0.1, -0.05) is 173 Å². The molecule has 0 spiro atoms. The standard InChI is InChI=1S/C47H87NO5/c1-4-7-10-13-16-19-21-23-25-28-31-34-37-40-47(52)53-43(38-35-32-29-27-24-22-20-17-14-11-8-5-2)41-46(51)48-44(42-49)45(50)39-36-33-30-26-18-15-12-9-6-3/h8,11,17,20,23,25,43-45,49-50H,4-7,9-10,12-16,18-19,21-22,24,26-42H2,1-3H3,(H,48,51)/b11-8+,20-17+,25-23-. The van der Waals surface area contributed by atoms with E-state index in [-0.39, 0.29) is 24.9 Å². The number of aliphatic hydroxyl groups is 2. The van der Waals surface area contributed by atoms with E-state index >= 15 is 0 Å². The van der Waals surface area contributed by atoms with E-state index in [2.05, 4.69) is 62.5 Å². The van der Waals surface area contributed by atoms with Gasteiger partial charge < -0.3 is 20.3 Å². The molecule has 0 aromatic heterocycles. The van der Waals surface area contributed by atoms with Crippen LogP contribution in [0.4, 0.5) is 0 Å². The molecule has 53 heavy (non-hydrogen) atoms. The molecule has 3 unspecified atom stereocenters. The van der Waals surface area contributed by atoms with Gasteiger partial charge in [0.15, 0.2) is 0 Å². The van der Waals surface area contributed by atoms with Crippen LogP contribution < -0.4 is 5.32 Å². The van der Waals surface area contributed by atoms with Crippen LogP contribution in [-0.2, 0) is 14.3 Å². The molecule has 1 amide bonds. The number of carbonyl (C=O) groups is 2. The van der Waals surface area contributed by atoms with E-state index in [9.17, 15) is 19.8 Å². The van der Waals surface area contributed by atoms with Crippen molar-refractivity contribution in [3.8, 4) is 0 Å². The summed E-state index contributed by atoms with van der Waals surface area (Å²) in [5.41, 5.74) is 0. The highest BCUT2D eigenvalue weighted by atomic mass is 16.5. The molecule has 0 saturated heterocycles. The number of aliphatic hydroxyl groups excluding tert-OH is 2. The van der Waals surface area contributed by atoms with Crippen molar-refractivity contribution >= 4 is 11.9 Å². The number of rotatable bonds is 40. The number of nitrogens with one attached hydrogen (secondary N) is 1. The molecular formula is C47H87NO5. The Morgan fingerprint density at radius 1 is 0.566 bits per heavy atom. The molecule has 0 aliphatic carbocycles. The monoisotopic (exact) mass is 746 g/mol. The van der Waals surface area contributed by atoms with Crippen LogP contribution in [0.3, 0.4) is 0 Å². The Morgan fingerprint density at radius 2 is 1.02 bits per heavy atom. The second-order valence-corrected chi connectivity index (χ2v) is 15.4. The van der Waals surface area contributed by atoms with Crippen molar-refractivity contribution in [2.75, 3.05) is 6.61 Å². The van der Waals surface area contributed by atoms with Crippen LogP contribution in [0.2, 0.25) is 0 Å². The van der Waals surface area contributed by atoms with Gasteiger partial charge in [0.25, 0.3) is 0 Å². The van der Waals surface area contributed by atoms with Crippen LogP contribution in [0.15, 0.2) is 36.5 Å². The first kappa shape index (κ1) is 51.1. The molecule has 0 saturated carbocycles. The molecule has 0 aliphatic heterocycles. The van der Waals surface area contributed by atoms with Crippen LogP contribution >= 0.6 is 0 Å². The number of hydrogen-bond acceptors (Lipinski definition) is 5. The van der Waals surface area contributed by atoms with E-state index in [1.165, 1.54) is 96.3 Å². The largest absolute Gasteiger partial charge is 0.462 e. The van der Waals surface area contributed by atoms with Gasteiger partial charge in [-0.25, -0.2) is 0 Å². The van der Waals surface area contributed by atoms with Crippen LogP contribution in [0.5, 0.6) is 0 Å². The van der Waals surface area contributed by atoms with Gasteiger partial charge in [0, 0.05) is 6.42 Å². The highest BCUT2D eigenvalue weighted by Gasteiger charge is 2.24. The van der Waals surface area contributed by atoms with Crippen molar-refractivity contribution in [3.63, 3.8) is 0 Å². The summed E-state index contributed by atoms with van der Waals surface area (Å²) in [5.74, 6) is -0.507. The molecular weight excluding hydrogens is 659 g/mol. The third-order valence-corrected chi connectivity index (χ3v) is 10.2. The number of esters is 1. The fourth-order valence-electron chi connectivity index (χ4n) is 6.76. The first-order chi connectivity index (χ1) is 26.0. The molecule has 0 radical (unpaired) electrons. The van der Waals surface area contributed by atoms with Crippen molar-refractivity contribution in [1.82, 2.24) is 5.32 Å². The maximum absolute atomic E-state index is 13.1. The van der Waals surface area contributed by atoms with E-state index < -0.39 is 18.2 Å². The summed E-state index contributed by atoms with van der Waals surface area (Å²) >= 11 is 0. The van der Waals surface area contributed by atoms with Gasteiger partial charge in [0.05, 0.1) is 25.2 Å². The van der Waals surface area contributed by atoms with E-state index in [1.807, 2.05) is 0 Å². The zero-order valence-electron chi connectivity index (χ0n) is 35.1. The van der Waals surface area contributed by atoms with Gasteiger partial charge in [-0.15, -0.1) is 0 Å². The average Bonchev–Trinajstić information content (AvgIpc) is 3.15. The first-order valence-corrected chi connectivity index (χ1v) is 22.7. The van der Waals surface area contributed by atoms with E-state index in [0.29, 0.717) is 19.3 Å². The van der Waals surface area contributed by atoms with Crippen molar-refractivity contribution in [2.45, 2.75) is 244 Å². The summed E-state index contributed by atoms with van der Waals surface area (Å²) in [5, 5.41) is 23.6. The Morgan fingerprint density at radius 3 is 1.55 bits per heavy atom. The van der Waals surface area contributed by atoms with E-state index in [0.717, 1.165) is 83.5 Å². The highest BCUT2D eigenvalue weighted by molar-refractivity contribution is 5.77. The molecule has 3 atom stereocenters. The van der Waals surface area contributed by atoms with Gasteiger partial charge in [0.1, 0.15) is 6.10 Å². The number of hydrogen-bond donors (Lipinski definition) is 3. The minimum Gasteiger partial charge on any atom is -0.462 e. The third-order valence-electron chi connectivity index (χ3n) is 10.2. The Labute approximate surface area is 328 Å². The lowest BCUT2D eigenvalue weighted by Gasteiger charge is -2.24. The van der Waals surface area contributed by atoms with Crippen molar-refractivity contribution in [1.29, 1.82) is 0 Å². The lowest BCUT2D eigenvalue weighted by Crippen LogP contribution is -2.46. The summed E-state index contributed by atoms with van der Waals surface area (Å²) in [6, 6.07) is -0.704. The quantitative estimate of drug-likeness (QED) is 0.0330. The number of amides is 1. The molecule has 0 bridgehead atoms. The van der Waals surface area contributed by atoms with Crippen molar-refractivity contribution < 1.29 is 24.5 Å². The second-order valence-electron chi connectivity index (χ2n) is 15.4. The van der Waals surface area contributed by atoms with Crippen LogP contribution in [0, 0.1) is 0 Å². The molecule has 6 heteroatoms. The summed E-state index contributed by atoms with van der Waals surface area (Å²) < 4.78 is 5.88. The summed E-state index contributed by atoms with van der Waals surface area (Å²) in [7, 11) is 0. The zero-order valence-corrected chi connectivity index (χ0v) is 35.1. The minimum atomic E-state index is -0.789. The predicted molar refractivity (Wildman–Crippen MR) is 227 cm³/mol. The Hall–Kier alpha value is -1.92. The van der Waals surface area contributed by atoms with Crippen LogP contribution in [0.1, 0.15) is 226 Å². The smallest absolute Gasteiger partial charge is 0.306 e. The molecule has 3 N–H and O–H groups in total. The predicted octanol–water partition coefficient (Wildman–Crippen LogP) is 12.9.